The summed E-state index contributed by atoms with van der Waals surface area (Å²) < 4.78 is 17.6. The monoisotopic (exact) mass is 246 g/mol. The van der Waals surface area contributed by atoms with Gasteiger partial charge in [0.15, 0.2) is 0 Å². The van der Waals surface area contributed by atoms with Crippen molar-refractivity contribution in [3.63, 3.8) is 0 Å². The van der Waals surface area contributed by atoms with Crippen LogP contribution in [0.2, 0.25) is 0 Å². The van der Waals surface area contributed by atoms with Crippen molar-refractivity contribution in [1.29, 1.82) is 0 Å². The number of rotatable bonds is 4. The Morgan fingerprint density at radius 1 is 1.12 bits per heavy atom. The summed E-state index contributed by atoms with van der Waals surface area (Å²) in [5, 5.41) is 21.5. The van der Waals surface area contributed by atoms with Crippen molar-refractivity contribution < 1.29 is 19.0 Å². The van der Waals surface area contributed by atoms with E-state index < -0.39 is 11.3 Å². The molecule has 0 spiro atoms. The Kier molecular flexibility index (Phi) is 8.97. The van der Waals surface area contributed by atoms with E-state index in [2.05, 4.69) is 5.14 Å². The Morgan fingerprint density at radius 2 is 1.44 bits per heavy atom. The van der Waals surface area contributed by atoms with Gasteiger partial charge in [-0.2, -0.15) is 0 Å². The van der Waals surface area contributed by atoms with Crippen LogP contribution in [-0.2, 0) is 24.1 Å². The largest absolute Gasteiger partial charge is 0.760 e. The predicted molar refractivity (Wildman–Crippen MR) is 61.1 cm³/mol. The maximum atomic E-state index is 8.78. The van der Waals surface area contributed by atoms with E-state index in [0.717, 1.165) is 11.1 Å². The highest BCUT2D eigenvalue weighted by Crippen LogP contribution is 2.09. The number of hydrogen-bond donors (Lipinski definition) is 3. The van der Waals surface area contributed by atoms with Crippen molar-refractivity contribution in [1.82, 2.24) is 0 Å². The van der Waals surface area contributed by atoms with Gasteiger partial charge in [0.2, 0.25) is 0 Å². The van der Waals surface area contributed by atoms with Crippen molar-refractivity contribution in [2.24, 2.45) is 5.14 Å². The quantitative estimate of drug-likeness (QED) is 0.622. The van der Waals surface area contributed by atoms with E-state index in [-0.39, 0.29) is 13.2 Å². The van der Waals surface area contributed by atoms with E-state index in [4.69, 9.17) is 19.0 Å². The van der Waals surface area contributed by atoms with Gasteiger partial charge in [0.25, 0.3) is 0 Å². The summed E-state index contributed by atoms with van der Waals surface area (Å²) in [4.78, 5) is 0. The summed E-state index contributed by atoms with van der Waals surface area (Å²) >= 11 is -2.36. The number of aliphatic hydroxyl groups is 2. The summed E-state index contributed by atoms with van der Waals surface area (Å²) in [5.74, 6) is 0. The van der Waals surface area contributed by atoms with Crippen LogP contribution in [0.25, 0.3) is 0 Å². The Labute approximate surface area is 97.3 Å². The van der Waals surface area contributed by atoms with Crippen LogP contribution in [0.5, 0.6) is 0 Å². The molecule has 0 aromatic heterocycles. The highest BCUT2D eigenvalue weighted by molar-refractivity contribution is 7.76. The van der Waals surface area contributed by atoms with Crippen LogP contribution >= 0.6 is 0 Å². The van der Waals surface area contributed by atoms with Gasteiger partial charge in [-0.1, -0.05) is 24.3 Å². The molecule has 16 heavy (non-hydrogen) atoms. The highest BCUT2D eigenvalue weighted by atomic mass is 32.2. The maximum absolute atomic E-state index is 8.78. The fourth-order valence-electron chi connectivity index (χ4n) is 1.29. The summed E-state index contributed by atoms with van der Waals surface area (Å²) in [5.41, 5.74) is 2.27. The zero-order valence-electron chi connectivity index (χ0n) is 8.83. The molecule has 5 nitrogen and oxygen atoms in total. The minimum atomic E-state index is -2.36. The lowest BCUT2D eigenvalue weighted by Gasteiger charge is -2.05. The molecule has 0 aliphatic carbocycles. The maximum Gasteiger partial charge on any atom is 0.0471 e. The molecule has 1 unspecified atom stereocenters. The minimum Gasteiger partial charge on any atom is -0.760 e. The van der Waals surface area contributed by atoms with Crippen LogP contribution < -0.4 is 5.14 Å². The van der Waals surface area contributed by atoms with Gasteiger partial charge in [0.1, 0.15) is 0 Å². The third-order valence-corrected chi connectivity index (χ3v) is 1.88. The van der Waals surface area contributed by atoms with Crippen LogP contribution in [0.4, 0.5) is 0 Å². The number of aliphatic hydroxyl groups excluding tert-OH is 2. The summed E-state index contributed by atoms with van der Waals surface area (Å²) in [6.07, 6.45) is 1.35. The SMILES string of the molecule is NS(=O)[O-].OCCc1ccccc1CCO. The van der Waals surface area contributed by atoms with Gasteiger partial charge in [-0.25, -0.2) is 0 Å². The molecule has 1 aromatic rings. The first kappa shape index (κ1) is 15.2. The lowest BCUT2D eigenvalue weighted by atomic mass is 10.0. The molecule has 92 valence electrons. The molecule has 0 saturated heterocycles. The van der Waals surface area contributed by atoms with Gasteiger partial charge in [0, 0.05) is 24.5 Å². The van der Waals surface area contributed by atoms with Gasteiger partial charge in [-0.3, -0.25) is 9.35 Å². The van der Waals surface area contributed by atoms with E-state index in [1.165, 1.54) is 0 Å². The first-order valence-corrected chi connectivity index (χ1v) is 5.87. The van der Waals surface area contributed by atoms with Gasteiger partial charge in [-0.05, 0) is 24.0 Å². The summed E-state index contributed by atoms with van der Waals surface area (Å²) in [7, 11) is 0. The van der Waals surface area contributed by atoms with Crippen molar-refractivity contribution in [2.45, 2.75) is 12.8 Å². The second-order valence-electron chi connectivity index (χ2n) is 2.98. The van der Waals surface area contributed by atoms with E-state index in [9.17, 15) is 0 Å². The summed E-state index contributed by atoms with van der Waals surface area (Å²) in [6.45, 7) is 0.338. The lowest BCUT2D eigenvalue weighted by Crippen LogP contribution is -1.99. The minimum absolute atomic E-state index is 0.169. The molecular weight excluding hydrogens is 230 g/mol. The fraction of sp³-hybridized carbons (Fsp3) is 0.400. The van der Waals surface area contributed by atoms with Gasteiger partial charge in [-0.15, -0.1) is 0 Å². The fourth-order valence-corrected chi connectivity index (χ4v) is 1.29. The Hall–Kier alpha value is -0.790. The van der Waals surface area contributed by atoms with E-state index in [0.29, 0.717) is 12.8 Å². The molecule has 0 fully saturated rings. The van der Waals surface area contributed by atoms with Crippen LogP contribution in [0.3, 0.4) is 0 Å². The molecule has 0 amide bonds. The lowest BCUT2D eigenvalue weighted by molar-refractivity contribution is 0.293. The van der Waals surface area contributed by atoms with E-state index >= 15 is 0 Å². The van der Waals surface area contributed by atoms with Gasteiger partial charge in [0.05, 0.1) is 0 Å². The zero-order valence-corrected chi connectivity index (χ0v) is 9.65. The molecule has 0 saturated carbocycles. The van der Waals surface area contributed by atoms with Crippen molar-refractivity contribution in [3.8, 4) is 0 Å². The second kappa shape index (κ2) is 9.44. The van der Waals surface area contributed by atoms with Crippen LogP contribution in [0.15, 0.2) is 24.3 Å². The number of benzene rings is 1. The molecule has 0 bridgehead atoms. The Balaban J connectivity index is 0.000000487. The molecule has 0 aliphatic rings. The average Bonchev–Trinajstić information content (AvgIpc) is 2.21. The normalized spacial score (nSPS) is 11.5. The number of hydrogen-bond acceptors (Lipinski definition) is 4. The van der Waals surface area contributed by atoms with Gasteiger partial charge >= 0.3 is 0 Å². The van der Waals surface area contributed by atoms with Crippen LogP contribution in [0.1, 0.15) is 11.1 Å². The summed E-state index contributed by atoms with van der Waals surface area (Å²) in [6, 6.07) is 7.88. The first-order valence-electron chi connectivity index (χ1n) is 4.74. The topological polar surface area (TPSA) is 107 Å². The number of nitrogens with two attached hydrogens (primary N) is 1. The molecular formula is C10H16NO4S-. The van der Waals surface area contributed by atoms with Crippen molar-refractivity contribution >= 4 is 11.3 Å². The van der Waals surface area contributed by atoms with E-state index in [1.807, 2.05) is 24.3 Å². The smallest absolute Gasteiger partial charge is 0.0471 e. The standard InChI is InChI=1S/C10H14O2.H3NO2S/c11-7-5-9-3-1-2-4-10(9)6-8-12;1-4(2)3/h1-4,11-12H,5-8H2;1H2,(H,2,3)/p-1. The third kappa shape index (κ3) is 7.49. The first-order chi connectivity index (χ1) is 7.61. The molecule has 6 heteroatoms. The molecule has 1 rings (SSSR count). The molecule has 1 atom stereocenters. The second-order valence-corrected chi connectivity index (χ2v) is 3.50. The van der Waals surface area contributed by atoms with Crippen LogP contribution in [-0.4, -0.2) is 32.2 Å². The molecule has 4 N–H and O–H groups in total. The zero-order chi connectivity index (χ0) is 12.4. The van der Waals surface area contributed by atoms with Crippen LogP contribution in [0, 0.1) is 0 Å². The molecule has 1 aromatic carbocycles. The molecule has 0 radical (unpaired) electrons. The van der Waals surface area contributed by atoms with E-state index in [1.54, 1.807) is 0 Å². The van der Waals surface area contributed by atoms with Crippen molar-refractivity contribution in [2.75, 3.05) is 13.2 Å². The highest BCUT2D eigenvalue weighted by Gasteiger charge is 1.99. The Morgan fingerprint density at radius 3 is 1.69 bits per heavy atom. The Bertz CT molecular complexity index is 290. The predicted octanol–water partition coefficient (Wildman–Crippen LogP) is -0.505. The molecule has 0 aliphatic heterocycles. The molecule has 0 heterocycles. The average molecular weight is 246 g/mol. The van der Waals surface area contributed by atoms with Crippen molar-refractivity contribution in [3.05, 3.63) is 35.4 Å². The third-order valence-electron chi connectivity index (χ3n) is 1.88. The van der Waals surface area contributed by atoms with Gasteiger partial charge < -0.3 is 14.8 Å².